The molecule has 0 aliphatic carbocycles. The third kappa shape index (κ3) is 2.02. The highest BCUT2D eigenvalue weighted by molar-refractivity contribution is 5.39. The zero-order chi connectivity index (χ0) is 8.81. The van der Waals surface area contributed by atoms with Crippen LogP contribution in [0.1, 0.15) is 0 Å². The quantitative estimate of drug-likeness (QED) is 0.635. The van der Waals surface area contributed by atoms with Crippen LogP contribution in [0.4, 0.5) is 0 Å². The molecule has 1 aromatic rings. The minimum Gasteiger partial charge on any atom is -0.493 e. The van der Waals surface area contributed by atoms with Crippen LogP contribution in [0.25, 0.3) is 0 Å². The largest absolute Gasteiger partial charge is 0.493 e. The fourth-order valence-electron chi connectivity index (χ4n) is 0.887. The van der Waals surface area contributed by atoms with E-state index >= 15 is 0 Å². The lowest BCUT2D eigenvalue weighted by Crippen LogP contribution is -1.95. The molecule has 0 amide bonds. The molecular formula is C10H12O2. The lowest BCUT2D eigenvalue weighted by atomic mass is 10.3. The maximum Gasteiger partial charge on any atom is 0.161 e. The van der Waals surface area contributed by atoms with Gasteiger partial charge in [-0.25, -0.2) is 0 Å². The summed E-state index contributed by atoms with van der Waals surface area (Å²) in [4.78, 5) is 0. The highest BCUT2D eigenvalue weighted by Gasteiger charge is 1.99. The number of hydrogen-bond donors (Lipinski definition) is 0. The Bertz CT molecular complexity index is 256. The molecular weight excluding hydrogens is 152 g/mol. The summed E-state index contributed by atoms with van der Waals surface area (Å²) in [5.41, 5.74) is 0. The molecule has 0 unspecified atom stereocenters. The molecule has 2 nitrogen and oxygen atoms in total. The van der Waals surface area contributed by atoms with Gasteiger partial charge in [-0.15, -0.1) is 0 Å². The van der Waals surface area contributed by atoms with Crippen molar-refractivity contribution in [2.75, 3.05) is 13.7 Å². The van der Waals surface area contributed by atoms with Gasteiger partial charge in [0.2, 0.25) is 0 Å². The normalized spacial score (nSPS) is 9.08. The maximum absolute atomic E-state index is 5.33. The Labute approximate surface area is 72.4 Å². The summed E-state index contributed by atoms with van der Waals surface area (Å²) in [5.74, 6) is 1.50. The van der Waals surface area contributed by atoms with Gasteiger partial charge in [-0.05, 0) is 12.1 Å². The standard InChI is InChI=1S/C10H12O2/c1-3-8-12-10-7-5-4-6-9(10)11-2/h3-7H,1,8H2,2H3. The van der Waals surface area contributed by atoms with Crippen LogP contribution in [0, 0.1) is 0 Å². The van der Waals surface area contributed by atoms with E-state index in [4.69, 9.17) is 9.47 Å². The number of ether oxygens (including phenoxy) is 2. The second-order valence-corrected chi connectivity index (χ2v) is 2.25. The first-order valence-electron chi connectivity index (χ1n) is 3.75. The van der Waals surface area contributed by atoms with Gasteiger partial charge in [0.25, 0.3) is 0 Å². The summed E-state index contributed by atoms with van der Waals surface area (Å²) in [6.45, 7) is 4.07. The molecule has 1 aromatic carbocycles. The molecule has 12 heavy (non-hydrogen) atoms. The Hall–Kier alpha value is -1.44. The molecule has 64 valence electrons. The molecule has 0 heterocycles. The number of methoxy groups -OCH3 is 1. The summed E-state index contributed by atoms with van der Waals surface area (Å²) < 4.78 is 10.4. The molecule has 0 aliphatic rings. The van der Waals surface area contributed by atoms with E-state index in [0.29, 0.717) is 6.61 Å². The second-order valence-electron chi connectivity index (χ2n) is 2.25. The fraction of sp³-hybridized carbons (Fsp3) is 0.200. The van der Waals surface area contributed by atoms with E-state index in [-0.39, 0.29) is 0 Å². The molecule has 0 saturated heterocycles. The Morgan fingerprint density at radius 1 is 1.33 bits per heavy atom. The van der Waals surface area contributed by atoms with Gasteiger partial charge in [-0.1, -0.05) is 24.8 Å². The molecule has 0 atom stereocenters. The number of para-hydroxylation sites is 2. The number of benzene rings is 1. The van der Waals surface area contributed by atoms with Crippen LogP contribution in [0.5, 0.6) is 11.5 Å². The number of hydrogen-bond acceptors (Lipinski definition) is 2. The van der Waals surface area contributed by atoms with Crippen LogP contribution in [0.3, 0.4) is 0 Å². The minimum atomic E-state index is 0.500. The van der Waals surface area contributed by atoms with Crippen LogP contribution in [-0.2, 0) is 0 Å². The van der Waals surface area contributed by atoms with E-state index in [0.717, 1.165) is 11.5 Å². The van der Waals surface area contributed by atoms with E-state index in [2.05, 4.69) is 6.58 Å². The summed E-state index contributed by atoms with van der Waals surface area (Å²) in [7, 11) is 1.62. The van der Waals surface area contributed by atoms with E-state index in [9.17, 15) is 0 Å². The third-order valence-corrected chi connectivity index (χ3v) is 1.43. The predicted octanol–water partition coefficient (Wildman–Crippen LogP) is 2.26. The molecule has 0 saturated carbocycles. The van der Waals surface area contributed by atoms with Gasteiger partial charge in [0, 0.05) is 0 Å². The van der Waals surface area contributed by atoms with Crippen molar-refractivity contribution < 1.29 is 9.47 Å². The summed E-state index contributed by atoms with van der Waals surface area (Å²) >= 11 is 0. The van der Waals surface area contributed by atoms with Crippen LogP contribution in [0.2, 0.25) is 0 Å². The summed E-state index contributed by atoms with van der Waals surface area (Å²) in [6, 6.07) is 7.53. The van der Waals surface area contributed by atoms with E-state index < -0.39 is 0 Å². The Morgan fingerprint density at radius 3 is 2.58 bits per heavy atom. The Kier molecular flexibility index (Phi) is 3.20. The zero-order valence-electron chi connectivity index (χ0n) is 7.12. The first-order valence-corrected chi connectivity index (χ1v) is 3.75. The molecule has 0 fully saturated rings. The summed E-state index contributed by atoms with van der Waals surface area (Å²) in [5, 5.41) is 0. The van der Waals surface area contributed by atoms with Gasteiger partial charge >= 0.3 is 0 Å². The molecule has 0 spiro atoms. The SMILES string of the molecule is C=CCOc1ccccc1OC. The Balaban J connectivity index is 2.74. The molecule has 0 aliphatic heterocycles. The van der Waals surface area contributed by atoms with Crippen molar-refractivity contribution in [1.29, 1.82) is 0 Å². The van der Waals surface area contributed by atoms with Crippen molar-refractivity contribution in [3.8, 4) is 11.5 Å². The lowest BCUT2D eigenvalue weighted by molar-refractivity contribution is 0.326. The highest BCUT2D eigenvalue weighted by Crippen LogP contribution is 2.25. The van der Waals surface area contributed by atoms with Crippen molar-refractivity contribution in [2.24, 2.45) is 0 Å². The molecule has 0 bridgehead atoms. The topological polar surface area (TPSA) is 18.5 Å². The first kappa shape index (κ1) is 8.65. The maximum atomic E-state index is 5.33. The molecule has 0 aromatic heterocycles. The van der Waals surface area contributed by atoms with Gasteiger partial charge in [0.05, 0.1) is 7.11 Å². The lowest BCUT2D eigenvalue weighted by Gasteiger charge is -2.07. The van der Waals surface area contributed by atoms with Crippen molar-refractivity contribution in [3.05, 3.63) is 36.9 Å². The van der Waals surface area contributed by atoms with Gasteiger partial charge in [0.15, 0.2) is 11.5 Å². The third-order valence-electron chi connectivity index (χ3n) is 1.43. The minimum absolute atomic E-state index is 0.500. The number of rotatable bonds is 4. The monoisotopic (exact) mass is 164 g/mol. The van der Waals surface area contributed by atoms with E-state index in [1.165, 1.54) is 0 Å². The van der Waals surface area contributed by atoms with E-state index in [1.807, 2.05) is 24.3 Å². The second kappa shape index (κ2) is 4.44. The van der Waals surface area contributed by atoms with Crippen molar-refractivity contribution in [3.63, 3.8) is 0 Å². The van der Waals surface area contributed by atoms with Crippen LogP contribution < -0.4 is 9.47 Å². The fourth-order valence-corrected chi connectivity index (χ4v) is 0.887. The van der Waals surface area contributed by atoms with Crippen LogP contribution in [-0.4, -0.2) is 13.7 Å². The van der Waals surface area contributed by atoms with Gasteiger partial charge in [0.1, 0.15) is 6.61 Å². The van der Waals surface area contributed by atoms with Crippen molar-refractivity contribution in [2.45, 2.75) is 0 Å². The molecule has 0 N–H and O–H groups in total. The average molecular weight is 164 g/mol. The Morgan fingerprint density at radius 2 is 2.00 bits per heavy atom. The van der Waals surface area contributed by atoms with Gasteiger partial charge < -0.3 is 9.47 Å². The van der Waals surface area contributed by atoms with Gasteiger partial charge in [-0.2, -0.15) is 0 Å². The average Bonchev–Trinajstić information content (AvgIpc) is 2.15. The van der Waals surface area contributed by atoms with Gasteiger partial charge in [-0.3, -0.25) is 0 Å². The van der Waals surface area contributed by atoms with Crippen LogP contribution in [0.15, 0.2) is 36.9 Å². The van der Waals surface area contributed by atoms with Crippen molar-refractivity contribution in [1.82, 2.24) is 0 Å². The molecule has 2 heteroatoms. The van der Waals surface area contributed by atoms with E-state index in [1.54, 1.807) is 13.2 Å². The molecule has 0 radical (unpaired) electrons. The smallest absolute Gasteiger partial charge is 0.161 e. The zero-order valence-corrected chi connectivity index (χ0v) is 7.12. The van der Waals surface area contributed by atoms with Crippen molar-refractivity contribution >= 4 is 0 Å². The highest BCUT2D eigenvalue weighted by atomic mass is 16.5. The first-order chi connectivity index (χ1) is 5.88. The summed E-state index contributed by atoms with van der Waals surface area (Å²) in [6.07, 6.45) is 1.70. The van der Waals surface area contributed by atoms with Crippen LogP contribution >= 0.6 is 0 Å². The predicted molar refractivity (Wildman–Crippen MR) is 48.7 cm³/mol. The molecule has 1 rings (SSSR count).